The highest BCUT2D eigenvalue weighted by Gasteiger charge is 2.33. The molecular formula is C8H18N4O2. The van der Waals surface area contributed by atoms with Gasteiger partial charge in [0.05, 0.1) is 25.5 Å². The summed E-state index contributed by atoms with van der Waals surface area (Å²) < 4.78 is 0. The summed E-state index contributed by atoms with van der Waals surface area (Å²) in [4.78, 5) is 0. The lowest BCUT2D eigenvalue weighted by atomic mass is 10.0. The number of fused-ring (bicyclic) bond motifs is 1. The monoisotopic (exact) mass is 202 g/mol. The minimum atomic E-state index is -0.00877. The van der Waals surface area contributed by atoms with Crippen LogP contribution in [-0.4, -0.2) is 60.9 Å². The lowest BCUT2D eigenvalue weighted by Crippen LogP contribution is -2.74. The second-order valence-corrected chi connectivity index (χ2v) is 3.83. The molecular weight excluding hydrogens is 184 g/mol. The summed E-state index contributed by atoms with van der Waals surface area (Å²) in [5, 5.41) is 30.9. The molecule has 0 aromatic carbocycles. The Balaban J connectivity index is 1.88. The Morgan fingerprint density at radius 3 is 1.64 bits per heavy atom. The van der Waals surface area contributed by atoms with E-state index in [4.69, 9.17) is 10.2 Å². The van der Waals surface area contributed by atoms with Gasteiger partial charge in [-0.3, -0.25) is 21.3 Å². The van der Waals surface area contributed by atoms with Crippen LogP contribution >= 0.6 is 0 Å². The molecule has 2 unspecified atom stereocenters. The molecule has 0 spiro atoms. The summed E-state index contributed by atoms with van der Waals surface area (Å²) in [7, 11) is 0. The van der Waals surface area contributed by atoms with Crippen LogP contribution in [0, 0.1) is 0 Å². The fraction of sp³-hybridized carbons (Fsp3) is 1.00. The number of hydrogen-bond acceptors (Lipinski definition) is 6. The number of rotatable bonds is 2. The first-order valence-corrected chi connectivity index (χ1v) is 5.04. The highest BCUT2D eigenvalue weighted by molar-refractivity contribution is 4.97. The Morgan fingerprint density at radius 2 is 1.29 bits per heavy atom. The summed E-state index contributed by atoms with van der Waals surface area (Å²) in [5.41, 5.74) is 0. The zero-order valence-corrected chi connectivity index (χ0v) is 8.03. The predicted molar refractivity (Wildman–Crippen MR) is 51.6 cm³/mol. The summed E-state index contributed by atoms with van der Waals surface area (Å²) in [6, 6.07) is 0.632. The van der Waals surface area contributed by atoms with Crippen LogP contribution in [-0.2, 0) is 0 Å². The van der Waals surface area contributed by atoms with Crippen LogP contribution in [0.1, 0.15) is 0 Å². The zero-order chi connectivity index (χ0) is 9.97. The third kappa shape index (κ3) is 2.05. The first-order chi connectivity index (χ1) is 6.83. The lowest BCUT2D eigenvalue weighted by Gasteiger charge is -2.44. The first-order valence-electron chi connectivity index (χ1n) is 5.04. The fourth-order valence-corrected chi connectivity index (χ4v) is 2.04. The lowest BCUT2D eigenvalue weighted by molar-refractivity contribution is 0.109. The van der Waals surface area contributed by atoms with E-state index in [-0.39, 0.29) is 25.5 Å². The fourth-order valence-electron chi connectivity index (χ4n) is 2.04. The molecule has 0 amide bonds. The molecule has 4 atom stereocenters. The molecule has 6 heteroatoms. The van der Waals surface area contributed by atoms with Gasteiger partial charge in [-0.2, -0.15) is 0 Å². The smallest absolute Gasteiger partial charge is 0.0814 e. The summed E-state index contributed by atoms with van der Waals surface area (Å²) >= 11 is 0. The Morgan fingerprint density at radius 1 is 0.857 bits per heavy atom. The molecule has 2 fully saturated rings. The van der Waals surface area contributed by atoms with Crippen molar-refractivity contribution in [3.05, 3.63) is 0 Å². The summed E-state index contributed by atoms with van der Waals surface area (Å²) in [6.07, 6.45) is -0.0175. The average molecular weight is 202 g/mol. The van der Waals surface area contributed by atoms with Crippen LogP contribution in [0.3, 0.4) is 0 Å². The van der Waals surface area contributed by atoms with E-state index in [0.29, 0.717) is 12.1 Å². The topological polar surface area (TPSA) is 88.6 Å². The van der Waals surface area contributed by atoms with Crippen molar-refractivity contribution >= 4 is 0 Å². The van der Waals surface area contributed by atoms with Crippen LogP contribution in [0.5, 0.6) is 0 Å². The van der Waals surface area contributed by atoms with Crippen LogP contribution in [0.2, 0.25) is 0 Å². The maximum atomic E-state index is 8.97. The highest BCUT2D eigenvalue weighted by Crippen LogP contribution is 2.05. The molecule has 0 aromatic heterocycles. The molecule has 0 saturated carbocycles. The standard InChI is InChI=1S/C8H18N4O2/c13-3-7-9-1-5-6(12-7)2-10-8(4-14)11-5/h5-14H,1-4H2/t5?,6?,7-,8-/m0/s1. The third-order valence-electron chi connectivity index (χ3n) is 2.85. The van der Waals surface area contributed by atoms with E-state index in [2.05, 4.69) is 21.3 Å². The van der Waals surface area contributed by atoms with Crippen molar-refractivity contribution in [1.82, 2.24) is 21.3 Å². The third-order valence-corrected chi connectivity index (χ3v) is 2.85. The predicted octanol–water partition coefficient (Wildman–Crippen LogP) is -3.25. The highest BCUT2D eigenvalue weighted by atomic mass is 16.3. The van der Waals surface area contributed by atoms with Gasteiger partial charge in [-0.15, -0.1) is 0 Å². The van der Waals surface area contributed by atoms with Gasteiger partial charge >= 0.3 is 0 Å². The van der Waals surface area contributed by atoms with E-state index in [9.17, 15) is 0 Å². The molecule has 2 aliphatic rings. The second kappa shape index (κ2) is 4.52. The zero-order valence-electron chi connectivity index (χ0n) is 8.03. The molecule has 0 radical (unpaired) electrons. The molecule has 6 nitrogen and oxygen atoms in total. The minimum absolute atomic E-state index is 0.00877. The van der Waals surface area contributed by atoms with Crippen molar-refractivity contribution in [2.24, 2.45) is 0 Å². The maximum absolute atomic E-state index is 8.97. The van der Waals surface area contributed by atoms with Gasteiger partial charge < -0.3 is 10.2 Å². The number of aliphatic hydroxyl groups excluding tert-OH is 2. The van der Waals surface area contributed by atoms with Gasteiger partial charge in [0.15, 0.2) is 0 Å². The molecule has 0 bridgehead atoms. The quantitative estimate of drug-likeness (QED) is 0.282. The van der Waals surface area contributed by atoms with E-state index >= 15 is 0 Å². The van der Waals surface area contributed by atoms with E-state index in [1.807, 2.05) is 0 Å². The van der Waals surface area contributed by atoms with Gasteiger partial charge in [0, 0.05) is 25.2 Å². The van der Waals surface area contributed by atoms with Crippen molar-refractivity contribution < 1.29 is 10.2 Å². The van der Waals surface area contributed by atoms with Crippen LogP contribution < -0.4 is 21.3 Å². The number of hydrogen-bond donors (Lipinski definition) is 6. The summed E-state index contributed by atoms with van der Waals surface area (Å²) in [5.74, 6) is 0. The molecule has 0 aliphatic carbocycles. The average Bonchev–Trinajstić information content (AvgIpc) is 2.27. The second-order valence-electron chi connectivity index (χ2n) is 3.83. The normalized spacial score (nSPS) is 43.3. The van der Waals surface area contributed by atoms with Gasteiger partial charge in [-0.1, -0.05) is 0 Å². The van der Waals surface area contributed by atoms with Crippen molar-refractivity contribution in [2.45, 2.75) is 24.4 Å². The molecule has 2 rings (SSSR count). The van der Waals surface area contributed by atoms with Gasteiger partial charge in [-0.05, 0) is 0 Å². The first kappa shape index (κ1) is 10.3. The Labute approximate surface area is 83.1 Å². The van der Waals surface area contributed by atoms with Crippen molar-refractivity contribution in [3.8, 4) is 0 Å². The molecule has 82 valence electrons. The van der Waals surface area contributed by atoms with E-state index in [1.54, 1.807) is 0 Å². The maximum Gasteiger partial charge on any atom is 0.0814 e. The summed E-state index contributed by atoms with van der Waals surface area (Å²) in [6.45, 7) is 1.85. The van der Waals surface area contributed by atoms with Gasteiger partial charge in [0.2, 0.25) is 0 Å². The molecule has 2 saturated heterocycles. The molecule has 2 aliphatic heterocycles. The number of nitrogens with one attached hydrogen (secondary N) is 4. The van der Waals surface area contributed by atoms with E-state index in [0.717, 1.165) is 13.1 Å². The van der Waals surface area contributed by atoms with E-state index in [1.165, 1.54) is 0 Å². The Kier molecular flexibility index (Phi) is 3.32. The van der Waals surface area contributed by atoms with Gasteiger partial charge in [0.1, 0.15) is 0 Å². The largest absolute Gasteiger partial charge is 0.393 e. The Bertz CT molecular complexity index is 172. The minimum Gasteiger partial charge on any atom is -0.393 e. The van der Waals surface area contributed by atoms with Crippen molar-refractivity contribution in [2.75, 3.05) is 26.3 Å². The van der Waals surface area contributed by atoms with Crippen LogP contribution in [0.15, 0.2) is 0 Å². The molecule has 2 heterocycles. The molecule has 6 N–H and O–H groups in total. The SMILES string of the molecule is OC[C@H]1NCC2N[C@@H](CO)NCC2N1. The van der Waals surface area contributed by atoms with Crippen molar-refractivity contribution in [3.63, 3.8) is 0 Å². The molecule has 0 aromatic rings. The van der Waals surface area contributed by atoms with Crippen molar-refractivity contribution in [1.29, 1.82) is 0 Å². The van der Waals surface area contributed by atoms with Gasteiger partial charge in [-0.25, -0.2) is 0 Å². The number of aliphatic hydroxyl groups is 2. The van der Waals surface area contributed by atoms with E-state index < -0.39 is 0 Å². The van der Waals surface area contributed by atoms with Gasteiger partial charge in [0.25, 0.3) is 0 Å². The molecule has 14 heavy (non-hydrogen) atoms. The van der Waals surface area contributed by atoms with Crippen LogP contribution in [0.4, 0.5) is 0 Å². The van der Waals surface area contributed by atoms with Crippen LogP contribution in [0.25, 0.3) is 0 Å². The Hall–Kier alpha value is -0.240.